The lowest BCUT2D eigenvalue weighted by Gasteiger charge is -1.92. The summed E-state index contributed by atoms with van der Waals surface area (Å²) in [6, 6.07) is 8.99. The van der Waals surface area contributed by atoms with E-state index in [2.05, 4.69) is 15.9 Å². The van der Waals surface area contributed by atoms with Crippen molar-refractivity contribution in [2.45, 2.75) is 0 Å². The van der Waals surface area contributed by atoms with Crippen LogP contribution >= 0.6 is 15.9 Å². The van der Waals surface area contributed by atoms with E-state index < -0.39 is 0 Å². The molecule has 0 unspecified atom stereocenters. The second-order valence-electron chi connectivity index (χ2n) is 2.38. The average Bonchev–Trinajstić information content (AvgIpc) is 2.19. The van der Waals surface area contributed by atoms with Crippen molar-refractivity contribution in [3.8, 4) is 6.07 Å². The zero-order chi connectivity index (χ0) is 9.68. The Labute approximate surface area is 84.6 Å². The molecule has 0 fully saturated rings. The lowest BCUT2D eigenvalue weighted by Crippen LogP contribution is -1.77. The van der Waals surface area contributed by atoms with Gasteiger partial charge in [-0.1, -0.05) is 12.1 Å². The Balaban J connectivity index is 2.94. The van der Waals surface area contributed by atoms with Crippen LogP contribution in [0.3, 0.4) is 0 Å². The second kappa shape index (κ2) is 4.58. The van der Waals surface area contributed by atoms with Crippen molar-refractivity contribution in [2.24, 2.45) is 0 Å². The van der Waals surface area contributed by atoms with E-state index in [1.54, 1.807) is 30.3 Å². The first-order chi connectivity index (χ1) is 6.26. The second-order valence-corrected chi connectivity index (χ2v) is 3.30. The van der Waals surface area contributed by atoms with Gasteiger partial charge in [0, 0.05) is 0 Å². The number of nitrogens with zero attached hydrogens (tertiary/aromatic N) is 1. The van der Waals surface area contributed by atoms with E-state index in [9.17, 15) is 4.79 Å². The fourth-order valence-corrected chi connectivity index (χ4v) is 1.11. The van der Waals surface area contributed by atoms with Crippen LogP contribution in [0.15, 0.2) is 28.7 Å². The number of carbonyl (C=O) groups is 1. The van der Waals surface area contributed by atoms with Gasteiger partial charge in [-0.25, -0.2) is 0 Å². The van der Waals surface area contributed by atoms with E-state index in [1.165, 1.54) is 0 Å². The fourth-order valence-electron chi connectivity index (χ4n) is 0.847. The van der Waals surface area contributed by atoms with Gasteiger partial charge in [0.15, 0.2) is 6.29 Å². The molecule has 0 saturated heterocycles. The number of benzene rings is 1. The summed E-state index contributed by atoms with van der Waals surface area (Å²) in [7, 11) is 0. The molecular weight excluding hydrogens is 230 g/mol. The number of carbonyl (C=O) groups excluding carboxylic acids is 1. The largest absolute Gasteiger partial charge is 0.297 e. The van der Waals surface area contributed by atoms with Crippen LogP contribution < -0.4 is 0 Å². The number of aldehydes is 1. The molecule has 0 bridgehead atoms. The highest BCUT2D eigenvalue weighted by Crippen LogP contribution is 2.10. The van der Waals surface area contributed by atoms with Crippen molar-refractivity contribution in [1.29, 1.82) is 5.26 Å². The normalized spacial score (nSPS) is 10.6. The first-order valence-electron chi connectivity index (χ1n) is 3.59. The molecule has 3 heteroatoms. The topological polar surface area (TPSA) is 40.9 Å². The van der Waals surface area contributed by atoms with Gasteiger partial charge in [0.1, 0.15) is 0 Å². The average molecular weight is 236 g/mol. The smallest absolute Gasteiger partial charge is 0.157 e. The van der Waals surface area contributed by atoms with Gasteiger partial charge in [-0.3, -0.25) is 4.79 Å². The maximum atomic E-state index is 10.3. The quantitative estimate of drug-likeness (QED) is 0.584. The van der Waals surface area contributed by atoms with Crippen molar-refractivity contribution in [3.63, 3.8) is 0 Å². The molecule has 0 amide bonds. The molecule has 0 atom stereocenters. The maximum Gasteiger partial charge on any atom is 0.157 e. The number of allylic oxidation sites excluding steroid dienone is 1. The third kappa shape index (κ3) is 2.85. The molecule has 2 nitrogen and oxygen atoms in total. The van der Waals surface area contributed by atoms with Gasteiger partial charge in [-0.05, 0) is 39.7 Å². The highest BCUT2D eigenvalue weighted by Gasteiger charge is 1.92. The van der Waals surface area contributed by atoms with Gasteiger partial charge in [0.25, 0.3) is 0 Å². The van der Waals surface area contributed by atoms with Crippen LogP contribution in [-0.2, 0) is 4.79 Å². The third-order valence-corrected chi connectivity index (χ3v) is 1.87. The predicted molar refractivity (Wildman–Crippen MR) is 54.1 cm³/mol. The fraction of sp³-hybridized carbons (Fsp3) is 0. The zero-order valence-corrected chi connectivity index (χ0v) is 8.28. The van der Waals surface area contributed by atoms with E-state index in [4.69, 9.17) is 5.26 Å². The molecular formula is C10H6BrNO. The molecule has 0 radical (unpaired) electrons. The summed E-state index contributed by atoms with van der Waals surface area (Å²) < 4.78 is 0.484. The summed E-state index contributed by atoms with van der Waals surface area (Å²) in [6.45, 7) is 0. The summed E-state index contributed by atoms with van der Waals surface area (Å²) in [5.74, 6) is 0. The Kier molecular flexibility index (Phi) is 3.41. The van der Waals surface area contributed by atoms with Crippen LogP contribution in [0, 0.1) is 11.3 Å². The minimum Gasteiger partial charge on any atom is -0.297 e. The highest BCUT2D eigenvalue weighted by molar-refractivity contribution is 9.12. The summed E-state index contributed by atoms with van der Waals surface area (Å²) in [5, 5.41) is 8.53. The highest BCUT2D eigenvalue weighted by atomic mass is 79.9. The van der Waals surface area contributed by atoms with Gasteiger partial charge < -0.3 is 0 Å². The van der Waals surface area contributed by atoms with Gasteiger partial charge in [0.05, 0.1) is 16.1 Å². The molecule has 0 aliphatic rings. The molecule has 0 aliphatic carbocycles. The molecule has 64 valence electrons. The molecule has 1 aromatic rings. The van der Waals surface area contributed by atoms with Crippen LogP contribution in [0.1, 0.15) is 11.1 Å². The van der Waals surface area contributed by atoms with E-state index in [-0.39, 0.29) is 0 Å². The predicted octanol–water partition coefficient (Wildman–Crippen LogP) is 2.49. The Morgan fingerprint density at radius 1 is 1.38 bits per heavy atom. The standard InChI is InChI=1S/C10H6BrNO/c11-10(7-13)5-8-1-3-9(6-12)4-2-8/h1-5,7H. The number of hydrogen-bond donors (Lipinski definition) is 0. The van der Waals surface area contributed by atoms with Gasteiger partial charge >= 0.3 is 0 Å². The van der Waals surface area contributed by atoms with Crippen molar-refractivity contribution in [3.05, 3.63) is 39.9 Å². The van der Waals surface area contributed by atoms with Crippen LogP contribution in [0.4, 0.5) is 0 Å². The molecule has 1 aromatic carbocycles. The van der Waals surface area contributed by atoms with Crippen LogP contribution in [0.2, 0.25) is 0 Å². The minimum atomic E-state index is 0.484. The number of rotatable bonds is 2. The first kappa shape index (κ1) is 9.69. The Morgan fingerprint density at radius 2 is 2.00 bits per heavy atom. The van der Waals surface area contributed by atoms with Crippen molar-refractivity contribution < 1.29 is 4.79 Å². The summed E-state index contributed by atoms with van der Waals surface area (Å²) >= 11 is 3.08. The Morgan fingerprint density at radius 3 is 2.46 bits per heavy atom. The first-order valence-corrected chi connectivity index (χ1v) is 4.38. The van der Waals surface area contributed by atoms with Crippen molar-refractivity contribution >= 4 is 28.3 Å². The zero-order valence-electron chi connectivity index (χ0n) is 6.70. The lowest BCUT2D eigenvalue weighted by molar-refractivity contribution is -0.104. The van der Waals surface area contributed by atoms with Crippen LogP contribution in [0.25, 0.3) is 6.08 Å². The van der Waals surface area contributed by atoms with E-state index in [1.807, 2.05) is 6.07 Å². The van der Waals surface area contributed by atoms with Crippen molar-refractivity contribution in [2.75, 3.05) is 0 Å². The molecule has 13 heavy (non-hydrogen) atoms. The van der Waals surface area contributed by atoms with Crippen LogP contribution in [0.5, 0.6) is 0 Å². The van der Waals surface area contributed by atoms with Gasteiger partial charge in [0.2, 0.25) is 0 Å². The Bertz CT molecular complexity index is 373. The summed E-state index contributed by atoms with van der Waals surface area (Å²) in [4.78, 5) is 10.3. The van der Waals surface area contributed by atoms with E-state index >= 15 is 0 Å². The number of nitriles is 1. The molecule has 0 N–H and O–H groups in total. The van der Waals surface area contributed by atoms with Crippen LogP contribution in [-0.4, -0.2) is 6.29 Å². The molecule has 0 heterocycles. The van der Waals surface area contributed by atoms with Gasteiger partial charge in [-0.15, -0.1) is 0 Å². The molecule has 0 spiro atoms. The van der Waals surface area contributed by atoms with E-state index in [0.29, 0.717) is 10.0 Å². The number of halogens is 1. The van der Waals surface area contributed by atoms with E-state index in [0.717, 1.165) is 11.8 Å². The monoisotopic (exact) mass is 235 g/mol. The molecule has 0 saturated carbocycles. The summed E-state index contributed by atoms with van der Waals surface area (Å²) in [6.07, 6.45) is 2.41. The Hall–Kier alpha value is -1.40. The lowest BCUT2D eigenvalue weighted by atomic mass is 10.1. The number of hydrogen-bond acceptors (Lipinski definition) is 2. The molecule has 1 rings (SSSR count). The van der Waals surface area contributed by atoms with Gasteiger partial charge in [-0.2, -0.15) is 5.26 Å². The SMILES string of the molecule is N#Cc1ccc(C=C(Br)C=O)cc1. The molecule has 0 aliphatic heterocycles. The third-order valence-electron chi connectivity index (χ3n) is 1.46. The summed E-state index contributed by atoms with van der Waals surface area (Å²) in [5.41, 5.74) is 1.50. The molecule has 0 aromatic heterocycles. The minimum absolute atomic E-state index is 0.484. The van der Waals surface area contributed by atoms with Crippen molar-refractivity contribution in [1.82, 2.24) is 0 Å². The maximum absolute atomic E-state index is 10.3.